The Morgan fingerprint density at radius 2 is 1.00 bits per heavy atom. The molecule has 14 heavy (non-hydrogen) atoms. The van der Waals surface area contributed by atoms with E-state index in [1.54, 1.807) is 0 Å². The highest BCUT2D eigenvalue weighted by atomic mass is 32.1. The van der Waals surface area contributed by atoms with Crippen LogP contribution >= 0.6 is 12.9 Å². The van der Waals surface area contributed by atoms with Crippen LogP contribution in [-0.2, 0) is 9.81 Å². The van der Waals surface area contributed by atoms with E-state index in [0.717, 1.165) is 0 Å². The van der Waals surface area contributed by atoms with Crippen LogP contribution in [0.5, 0.6) is 0 Å². The zero-order valence-corrected chi connectivity index (χ0v) is 7.05. The highest BCUT2D eigenvalue weighted by molar-refractivity contribution is 7.74. The van der Waals surface area contributed by atoms with Gasteiger partial charge in [0.2, 0.25) is 0 Å². The van der Waals surface area contributed by atoms with Gasteiger partial charge in [-0.2, -0.15) is 4.33 Å². The molecule has 0 fully saturated rings. The Bertz CT molecular complexity index is 23.1. The Morgan fingerprint density at radius 1 is 0.929 bits per heavy atom. The van der Waals surface area contributed by atoms with Crippen LogP contribution in [0.2, 0.25) is 0 Å². The zero-order valence-electron chi connectivity index (χ0n) is 7.16. The van der Waals surface area contributed by atoms with Gasteiger partial charge in [-0.3, -0.25) is 0 Å². The molecule has 0 aromatic carbocycles. The van der Waals surface area contributed by atoms with Gasteiger partial charge >= 0.3 is 0 Å². The van der Waals surface area contributed by atoms with Crippen molar-refractivity contribution >= 4 is 12.9 Å². The first-order valence-electron chi connectivity index (χ1n) is 0.924. The van der Waals surface area contributed by atoms with Crippen LogP contribution in [0.4, 0.5) is 0 Å². The van der Waals surface area contributed by atoms with E-state index in [-0.39, 0.29) is 51.2 Å². The molecule has 0 rings (SSSR count). The number of thiol groups is 1. The van der Waals surface area contributed by atoms with Crippen molar-refractivity contribution in [1.29, 1.82) is 1.43 Å². The molecule has 12 nitrogen and oxygen atoms in total. The van der Waals surface area contributed by atoms with Crippen molar-refractivity contribution in [1.82, 2.24) is 0 Å². The summed E-state index contributed by atoms with van der Waals surface area (Å²) in [4.78, 5) is 14.0. The molecule has 0 aromatic heterocycles. The smallest absolute Gasteiger partial charge is 0.256 e. The van der Waals surface area contributed by atoms with Crippen LogP contribution in [0.1, 0.15) is 7.43 Å². The third-order valence-corrected chi connectivity index (χ3v) is 0. The topological polar surface area (TPSA) is 317 Å². The van der Waals surface area contributed by atoms with E-state index < -0.39 is 0 Å². The fourth-order valence-corrected chi connectivity index (χ4v) is 0. The Labute approximate surface area is 86.2 Å². The Balaban J connectivity index is -0.00000000155. The fourth-order valence-electron chi connectivity index (χ4n) is 0. The molecule has 13 heteroatoms. The van der Waals surface area contributed by atoms with E-state index in [9.17, 15) is 0 Å². The SMILES string of the molecule is C.O.O.O.O.O.O.O.O=O.[3H]OOS.[OH3+]. The first-order chi connectivity index (χ1) is 2.91. The lowest BCUT2D eigenvalue weighted by atomic mass is 12.0. The first-order valence-corrected chi connectivity index (χ1v) is 0.881. The van der Waals surface area contributed by atoms with Crippen LogP contribution < -0.4 is 0 Å². The standard InChI is InChI=1S/CH4.H2O2S.O2.8H2O/c;1-2-3;1-2;;;;;;;;/h1H4;1,3H;;8*1H2/p+1/i/hT. The third-order valence-electron chi connectivity index (χ3n) is 0. The van der Waals surface area contributed by atoms with Gasteiger partial charge in [-0.05, 0) is 0 Å². The van der Waals surface area contributed by atoms with Gasteiger partial charge in [-0.25, -0.2) is 5.26 Å². The van der Waals surface area contributed by atoms with E-state index in [4.69, 9.17) is 11.4 Å². The van der Waals surface area contributed by atoms with Gasteiger partial charge in [-0.15, -0.1) is 0 Å². The predicted octanol–water partition coefficient (Wildman–Crippen LogP) is -5.67. The maximum atomic E-state index is 7.00. The molecule has 18 N–H and O–H groups in total. The summed E-state index contributed by atoms with van der Waals surface area (Å²) in [6.07, 6.45) is 0. The van der Waals surface area contributed by atoms with Crippen LogP contribution in [0, 0.1) is 9.93 Å². The van der Waals surface area contributed by atoms with Gasteiger partial charge in [-0.1, -0.05) is 7.43 Å². The molecule has 104 valence electrons. The molecular formula is CH23O12S+. The minimum atomic E-state index is 0. The van der Waals surface area contributed by atoms with Gasteiger partial charge in [0, 0.05) is 22.8 Å². The fraction of sp³-hybridized carbons (Fsp3) is 1.00. The van der Waals surface area contributed by atoms with E-state index in [1.165, 1.54) is 0 Å². The quantitative estimate of drug-likeness (QED) is 0.153. The molecule has 0 atom stereocenters. The minimum absolute atomic E-state index is 0. The Kier molecular flexibility index (Phi) is 66900. The second kappa shape index (κ2) is 5530. The molecule has 0 spiro atoms. The van der Waals surface area contributed by atoms with Gasteiger partial charge in [0.1, 0.15) is 0 Å². The van der Waals surface area contributed by atoms with Gasteiger partial charge in [0.05, 0.1) is 0 Å². The second-order valence-electron chi connectivity index (χ2n) is 0.0745. The summed E-state index contributed by atoms with van der Waals surface area (Å²) in [6.45, 7) is 0. The lowest BCUT2D eigenvalue weighted by molar-refractivity contribution is -0.113. The number of rotatable bonds is 1. The molecule has 0 aliphatic heterocycles. The lowest BCUT2D eigenvalue weighted by Gasteiger charge is -1.56. The van der Waals surface area contributed by atoms with Gasteiger partial charge < -0.3 is 43.8 Å². The Hall–Kier alpha value is -0.450. The van der Waals surface area contributed by atoms with Crippen LogP contribution in [0.25, 0.3) is 1.43 Å². The van der Waals surface area contributed by atoms with Crippen LogP contribution in [0.3, 0.4) is 0 Å². The molecule has 0 heterocycles. The molecular weight excluding hydrogens is 236 g/mol. The van der Waals surface area contributed by atoms with Gasteiger partial charge in [0.25, 0.3) is 1.43 Å². The summed E-state index contributed by atoms with van der Waals surface area (Å²) in [7, 11) is 0. The van der Waals surface area contributed by atoms with Crippen LogP contribution in [0.15, 0.2) is 0 Å². The summed E-state index contributed by atoms with van der Waals surface area (Å²) in [5.74, 6) is 0. The van der Waals surface area contributed by atoms with Crippen molar-refractivity contribution < 1.29 is 53.4 Å². The van der Waals surface area contributed by atoms with Gasteiger partial charge in [0.15, 0.2) is 0 Å². The molecule has 0 aromatic rings. The van der Waals surface area contributed by atoms with E-state index in [1.807, 2.05) is 0 Å². The summed E-state index contributed by atoms with van der Waals surface area (Å²) in [5.41, 5.74) is 0. The minimum Gasteiger partial charge on any atom is -0.457 e. The maximum Gasteiger partial charge on any atom is 0.256 e. The first kappa shape index (κ1) is 169. The Morgan fingerprint density at radius 3 is 1.00 bits per heavy atom. The van der Waals surface area contributed by atoms with Crippen molar-refractivity contribution in [2.24, 2.45) is 0 Å². The van der Waals surface area contributed by atoms with Crippen LogP contribution in [-0.4, -0.2) is 43.6 Å². The highest BCUT2D eigenvalue weighted by Gasteiger charge is 1.28. The van der Waals surface area contributed by atoms with E-state index in [0.29, 0.717) is 0 Å². The number of hydrogen-bond acceptors (Lipinski definition) is 5. The molecule has 0 saturated heterocycles. The van der Waals surface area contributed by atoms with Crippen molar-refractivity contribution in [2.45, 2.75) is 7.43 Å². The normalized spacial score (nSPS) is 2.50. The molecule has 0 unspecified atom stereocenters. The summed E-state index contributed by atoms with van der Waals surface area (Å²) in [5, 5.41) is 3.16. The predicted molar refractivity (Wildman–Crippen MR) is 56.3 cm³/mol. The average Bonchev–Trinajstić information content (AvgIpc) is 1.72. The maximum absolute atomic E-state index is 7.00. The second-order valence-corrected chi connectivity index (χ2v) is 0.224. The van der Waals surface area contributed by atoms with E-state index in [2.05, 4.69) is 22.5 Å². The summed E-state index contributed by atoms with van der Waals surface area (Å²) < 4.78 is 9.06. The lowest BCUT2D eigenvalue weighted by Crippen LogP contribution is -1.43. The molecule has 0 bridgehead atoms. The number of hydrogen-bond donors (Lipinski definition) is 2. The monoisotopic (exact) mass is 261 g/mol. The third kappa shape index (κ3) is 6350. The van der Waals surface area contributed by atoms with Crippen molar-refractivity contribution in [3.63, 3.8) is 0 Å². The van der Waals surface area contributed by atoms with E-state index >= 15 is 0 Å². The van der Waals surface area contributed by atoms with Crippen molar-refractivity contribution in [2.75, 3.05) is 0 Å². The molecule has 0 amide bonds. The molecule has 0 saturated carbocycles. The summed E-state index contributed by atoms with van der Waals surface area (Å²) in [6, 6.07) is 0. The highest BCUT2D eigenvalue weighted by Crippen LogP contribution is 1.56. The zero-order chi connectivity index (χ0) is 5.41. The summed E-state index contributed by atoms with van der Waals surface area (Å²) >= 11 is 3.01. The average molecular weight is 261 g/mol. The molecule has 0 radical (unpaired) electrons. The van der Waals surface area contributed by atoms with Crippen molar-refractivity contribution in [3.8, 4) is 0 Å². The molecule has 0 aliphatic carbocycles. The largest absolute Gasteiger partial charge is 0.457 e. The molecule has 0 aliphatic rings. The van der Waals surface area contributed by atoms with Crippen molar-refractivity contribution in [3.05, 3.63) is 9.93 Å².